The number of likely N-dealkylation sites (N-methyl/N-ethyl adjacent to an activating group) is 2. The van der Waals surface area contributed by atoms with Crippen molar-refractivity contribution in [3.8, 4) is 11.5 Å². The van der Waals surface area contributed by atoms with Crippen LogP contribution in [0.4, 0.5) is 27.2 Å². The Morgan fingerprint density at radius 3 is 1.40 bits per heavy atom. The minimum atomic E-state index is -1.07. The Hall–Kier alpha value is -7.91. The summed E-state index contributed by atoms with van der Waals surface area (Å²) in [4.78, 5) is 100. The number of halogens is 4. The Labute approximate surface area is 494 Å². The van der Waals surface area contributed by atoms with Crippen molar-refractivity contribution >= 4 is 41.7 Å². The van der Waals surface area contributed by atoms with Gasteiger partial charge in [0.25, 0.3) is 0 Å². The fourth-order valence-corrected chi connectivity index (χ4v) is 11.3. The smallest absolute Gasteiger partial charge is 0.410 e. The third kappa shape index (κ3) is 15.7. The molecule has 4 aromatic rings. The molecule has 0 radical (unpaired) electrons. The second kappa shape index (κ2) is 27.4. The van der Waals surface area contributed by atoms with Gasteiger partial charge in [0.15, 0.2) is 23.3 Å². The number of hydrogen-bond donors (Lipinski definition) is 2. The van der Waals surface area contributed by atoms with E-state index in [2.05, 4.69) is 10.6 Å². The van der Waals surface area contributed by atoms with Crippen LogP contribution < -0.4 is 20.1 Å². The van der Waals surface area contributed by atoms with Gasteiger partial charge in [-0.2, -0.15) is 0 Å². The predicted octanol–water partition coefficient (Wildman–Crippen LogP) is 8.64. The molecule has 4 aromatic carbocycles. The normalized spacial score (nSPS) is 21.2. The Morgan fingerprint density at radius 2 is 0.976 bits per heavy atom. The number of nitrogens with one attached hydrogen (secondary N) is 2. The quantitative estimate of drug-likeness (QED) is 0.102. The lowest BCUT2D eigenvalue weighted by Gasteiger charge is -2.38. The van der Waals surface area contributed by atoms with E-state index in [4.69, 9.17) is 18.9 Å². The van der Waals surface area contributed by atoms with Gasteiger partial charge in [-0.3, -0.25) is 33.8 Å². The van der Waals surface area contributed by atoms with Crippen LogP contribution in [0.2, 0.25) is 0 Å². The summed E-state index contributed by atoms with van der Waals surface area (Å²) >= 11 is 0. The molecule has 22 heteroatoms. The highest BCUT2D eigenvalue weighted by Crippen LogP contribution is 2.42. The first-order valence-electron chi connectivity index (χ1n) is 28.6. The highest BCUT2D eigenvalue weighted by atomic mass is 19.2. The predicted molar refractivity (Wildman–Crippen MR) is 306 cm³/mol. The van der Waals surface area contributed by atoms with E-state index in [1.807, 2.05) is 102 Å². The highest BCUT2D eigenvalue weighted by molar-refractivity contribution is 5.93. The molecule has 4 aliphatic rings. The van der Waals surface area contributed by atoms with Crippen molar-refractivity contribution in [2.24, 2.45) is 16.7 Å². The summed E-state index contributed by atoms with van der Waals surface area (Å²) in [5.41, 5.74) is 0.265. The first-order chi connectivity index (χ1) is 40.0. The van der Waals surface area contributed by atoms with Crippen LogP contribution in [0, 0.1) is 40.0 Å². The zero-order valence-electron chi connectivity index (χ0n) is 50.1. The number of hydrogen-bond acceptors (Lipinski definition) is 11. The van der Waals surface area contributed by atoms with Crippen LogP contribution in [-0.4, -0.2) is 154 Å². The van der Waals surface area contributed by atoms with Crippen molar-refractivity contribution in [2.45, 2.75) is 156 Å². The maximum absolute atomic E-state index is 14.2. The molecule has 85 heavy (non-hydrogen) atoms. The van der Waals surface area contributed by atoms with Crippen LogP contribution >= 0.6 is 0 Å². The highest BCUT2D eigenvalue weighted by Gasteiger charge is 2.55. The lowest BCUT2D eigenvalue weighted by Crippen LogP contribution is -2.60. The summed E-state index contributed by atoms with van der Waals surface area (Å²) in [5.74, 6) is -5.34. The average molecular weight is 1190 g/mol. The van der Waals surface area contributed by atoms with E-state index in [9.17, 15) is 51.1 Å². The number of ether oxygens (including phenoxy) is 4. The zero-order valence-corrected chi connectivity index (χ0v) is 50.1. The van der Waals surface area contributed by atoms with Crippen molar-refractivity contribution < 1.29 is 70.1 Å². The van der Waals surface area contributed by atoms with Crippen LogP contribution in [0.5, 0.6) is 11.5 Å². The second-order valence-corrected chi connectivity index (χ2v) is 24.4. The molecule has 3 aliphatic heterocycles. The summed E-state index contributed by atoms with van der Waals surface area (Å²) in [5, 5.41) is 5.73. The fourth-order valence-electron chi connectivity index (χ4n) is 11.3. The molecule has 1 aliphatic carbocycles. The SMILES string of the molecule is CC(=O)N1C[C@H](Oc2ccc(F)c(F)c2)[C@@H]2[C@H]1CCN2C(=O)[C@@H](NC(=O)[C@H](C)N(C)C(=O)OCc1ccccc1)C(C)(C)C.C[C@@H](C(=O)N[C@H](C(=O)N1CC[C@H]2CC[C@H](Oc3ccc(F)c(F)c3)[C@H]21)C(C)(C)C)N(C)C(=O)OCc1ccccc1. The van der Waals surface area contributed by atoms with E-state index >= 15 is 0 Å². The molecule has 18 nitrogen and oxygen atoms in total. The number of amides is 7. The molecule has 0 spiro atoms. The standard InChI is InChI=1S/C32H40F2N4O6.C31H39F2N3O5/c1-19(36(6)31(42)43-18-21-10-8-7-9-11-21)29(40)35-28(32(3,4)5)30(41)37-15-14-25-27(37)26(17-38(25)20(2)39)44-22-12-13-23(33)24(34)16-22;1-19(35(5)30(39)40-18-20-9-7-6-8-10-20)28(37)34-27(31(2,3)4)29(38)36-16-15-21-11-14-25(26(21)36)41-22-12-13-23(32)24(33)17-22/h7-13,16,19,25-28H,14-15,17-18H2,1-6H3,(H,35,40);6-10,12-13,17,19,21,25-27H,11,14-16,18H2,1-5H3,(H,34,37)/t19-,25+,26-,27-,28+;19-,21+,25-,26-,27+/m00/s1. The van der Waals surface area contributed by atoms with E-state index in [1.165, 1.54) is 43.0 Å². The van der Waals surface area contributed by atoms with Gasteiger partial charge in [-0.25, -0.2) is 27.2 Å². The van der Waals surface area contributed by atoms with E-state index in [1.54, 1.807) is 28.5 Å². The maximum atomic E-state index is 14.2. The molecule has 3 saturated heterocycles. The molecule has 2 N–H and O–H groups in total. The number of nitrogens with zero attached hydrogens (tertiary/aromatic N) is 5. The van der Waals surface area contributed by atoms with Crippen LogP contribution in [0.1, 0.15) is 99.1 Å². The van der Waals surface area contributed by atoms with Gasteiger partial charge in [0.05, 0.1) is 24.7 Å². The van der Waals surface area contributed by atoms with Gasteiger partial charge >= 0.3 is 12.2 Å². The molecule has 0 bridgehead atoms. The largest absolute Gasteiger partial charge is 0.488 e. The maximum Gasteiger partial charge on any atom is 0.410 e. The molecular weight excluding hydrogens is 1110 g/mol. The Kier molecular flexibility index (Phi) is 20.9. The first-order valence-corrected chi connectivity index (χ1v) is 28.6. The van der Waals surface area contributed by atoms with Gasteiger partial charge in [0.1, 0.15) is 61.1 Å². The molecule has 460 valence electrons. The summed E-state index contributed by atoms with van der Waals surface area (Å²) in [7, 11) is 2.93. The monoisotopic (exact) mass is 1190 g/mol. The van der Waals surface area contributed by atoms with Crippen molar-refractivity contribution in [2.75, 3.05) is 33.7 Å². The molecule has 7 amide bonds. The lowest BCUT2D eigenvalue weighted by atomic mass is 9.85. The molecule has 0 unspecified atom stereocenters. The lowest BCUT2D eigenvalue weighted by molar-refractivity contribution is -0.142. The Morgan fingerprint density at radius 1 is 0.553 bits per heavy atom. The number of rotatable bonds is 16. The van der Waals surface area contributed by atoms with E-state index in [0.717, 1.165) is 48.2 Å². The van der Waals surface area contributed by atoms with Crippen LogP contribution in [-0.2, 0) is 46.7 Å². The average Bonchev–Trinajstić information content (AvgIpc) is 2.70. The number of benzene rings is 4. The molecule has 0 aromatic heterocycles. The van der Waals surface area contributed by atoms with E-state index in [-0.39, 0.29) is 73.1 Å². The minimum absolute atomic E-state index is 0.0457. The van der Waals surface area contributed by atoms with Gasteiger partial charge in [-0.05, 0) is 91.7 Å². The summed E-state index contributed by atoms with van der Waals surface area (Å²) in [6, 6.07) is 20.1. The minimum Gasteiger partial charge on any atom is -0.488 e. The Balaban J connectivity index is 0.000000244. The number of fused-ring (bicyclic) bond motifs is 2. The van der Waals surface area contributed by atoms with Gasteiger partial charge in [-0.15, -0.1) is 0 Å². The topological polar surface area (TPSA) is 197 Å². The fraction of sp³-hybridized carbons (Fsp3) is 0.508. The van der Waals surface area contributed by atoms with E-state index in [0.29, 0.717) is 25.9 Å². The third-order valence-corrected chi connectivity index (χ3v) is 16.4. The number of likely N-dealkylation sites (tertiary alicyclic amines) is 3. The van der Waals surface area contributed by atoms with Crippen molar-refractivity contribution in [1.82, 2.24) is 35.1 Å². The van der Waals surface area contributed by atoms with Crippen molar-refractivity contribution in [3.63, 3.8) is 0 Å². The summed E-state index contributed by atoms with van der Waals surface area (Å²) < 4.78 is 77.5. The zero-order chi connectivity index (χ0) is 62.2. The van der Waals surface area contributed by atoms with Gasteiger partial charge in [-0.1, -0.05) is 102 Å². The van der Waals surface area contributed by atoms with Crippen LogP contribution in [0.3, 0.4) is 0 Å². The molecule has 8 rings (SSSR count). The number of carbonyl (C=O) groups excluding carboxylic acids is 7. The summed E-state index contributed by atoms with van der Waals surface area (Å²) in [6.45, 7) is 16.7. The molecule has 4 fully saturated rings. The molecule has 1 saturated carbocycles. The molecule has 3 heterocycles. The van der Waals surface area contributed by atoms with Crippen LogP contribution in [0.15, 0.2) is 97.1 Å². The third-order valence-electron chi connectivity index (χ3n) is 16.4. The van der Waals surface area contributed by atoms with Crippen LogP contribution in [0.25, 0.3) is 0 Å². The van der Waals surface area contributed by atoms with Crippen molar-refractivity contribution in [1.29, 1.82) is 0 Å². The summed E-state index contributed by atoms with van der Waals surface area (Å²) in [6.07, 6.45) is 0.388. The van der Waals surface area contributed by atoms with Gasteiger partial charge in [0.2, 0.25) is 29.5 Å². The molecule has 10 atom stereocenters. The van der Waals surface area contributed by atoms with E-state index < -0.39 is 94.4 Å². The number of carbonyl (C=O) groups is 7. The second-order valence-electron chi connectivity index (χ2n) is 24.4. The molecular formula is C63H79F4N7O11. The first kappa shape index (κ1) is 64.6. The van der Waals surface area contributed by atoms with Gasteiger partial charge in [0, 0.05) is 46.2 Å². The van der Waals surface area contributed by atoms with Crippen molar-refractivity contribution in [3.05, 3.63) is 131 Å². The Bertz CT molecular complexity index is 3040. The van der Waals surface area contributed by atoms with Gasteiger partial charge < -0.3 is 44.3 Å².